The number of hydrogen-bond acceptors (Lipinski definition) is 2. The molecular formula is C22H19N3O. The van der Waals surface area contributed by atoms with Crippen molar-refractivity contribution in [3.05, 3.63) is 96.3 Å². The number of amides is 1. The largest absolute Gasteiger partial charge is 0.337 e. The molecule has 0 spiro atoms. The molecule has 0 saturated carbocycles. The van der Waals surface area contributed by atoms with Gasteiger partial charge in [0.05, 0.1) is 11.9 Å². The maximum Gasteiger partial charge on any atom is 0.254 e. The monoisotopic (exact) mass is 341 g/mol. The summed E-state index contributed by atoms with van der Waals surface area (Å²) in [6.45, 7) is 0.509. The van der Waals surface area contributed by atoms with E-state index in [9.17, 15) is 4.79 Å². The first-order valence-corrected chi connectivity index (χ1v) is 8.54. The van der Waals surface area contributed by atoms with Crippen LogP contribution in [-0.4, -0.2) is 27.6 Å². The molecule has 0 N–H and O–H groups in total. The number of rotatable bonds is 4. The molecule has 0 atom stereocenters. The molecule has 4 aromatic rings. The summed E-state index contributed by atoms with van der Waals surface area (Å²) in [5, 5.41) is 6.45. The number of nitrogens with zero attached hydrogens (tertiary/aromatic N) is 3. The number of carbonyl (C=O) groups is 1. The van der Waals surface area contributed by atoms with E-state index in [1.54, 1.807) is 11.1 Å². The third kappa shape index (κ3) is 3.09. The van der Waals surface area contributed by atoms with Crippen molar-refractivity contribution in [2.75, 3.05) is 7.05 Å². The average Bonchev–Trinajstić information content (AvgIpc) is 3.16. The molecular weight excluding hydrogens is 322 g/mol. The Bertz CT molecular complexity index is 1050. The molecule has 4 heteroatoms. The SMILES string of the molecule is CN(Cc1cnn(-c2ccccc2)c1)C(=O)c1cccc2ccccc12. The Morgan fingerprint density at radius 2 is 1.69 bits per heavy atom. The van der Waals surface area contributed by atoms with Gasteiger partial charge in [-0.3, -0.25) is 4.79 Å². The Kier molecular flexibility index (Phi) is 4.23. The second kappa shape index (κ2) is 6.84. The van der Waals surface area contributed by atoms with E-state index in [0.29, 0.717) is 6.54 Å². The van der Waals surface area contributed by atoms with Crippen LogP contribution in [0.5, 0.6) is 0 Å². The third-order valence-corrected chi connectivity index (χ3v) is 4.44. The smallest absolute Gasteiger partial charge is 0.254 e. The van der Waals surface area contributed by atoms with E-state index in [-0.39, 0.29) is 5.91 Å². The Balaban J connectivity index is 1.56. The molecule has 3 aromatic carbocycles. The van der Waals surface area contributed by atoms with Gasteiger partial charge in [-0.2, -0.15) is 5.10 Å². The van der Waals surface area contributed by atoms with Crippen molar-refractivity contribution >= 4 is 16.7 Å². The zero-order valence-corrected chi connectivity index (χ0v) is 14.5. The van der Waals surface area contributed by atoms with Gasteiger partial charge in [0.25, 0.3) is 5.91 Å². The Morgan fingerprint density at radius 1 is 0.962 bits per heavy atom. The van der Waals surface area contributed by atoms with Gasteiger partial charge in [0, 0.05) is 30.9 Å². The van der Waals surface area contributed by atoms with Gasteiger partial charge in [0.1, 0.15) is 0 Å². The van der Waals surface area contributed by atoms with Gasteiger partial charge in [-0.25, -0.2) is 4.68 Å². The Labute approximate surface area is 152 Å². The van der Waals surface area contributed by atoms with Crippen LogP contribution in [0, 0.1) is 0 Å². The highest BCUT2D eigenvalue weighted by Gasteiger charge is 2.15. The Hall–Kier alpha value is -3.40. The van der Waals surface area contributed by atoms with Crippen LogP contribution in [0.2, 0.25) is 0 Å². The minimum atomic E-state index is 0.00858. The fourth-order valence-electron chi connectivity index (χ4n) is 3.13. The van der Waals surface area contributed by atoms with Crippen molar-refractivity contribution < 1.29 is 4.79 Å². The number of benzene rings is 3. The van der Waals surface area contributed by atoms with E-state index >= 15 is 0 Å². The maximum atomic E-state index is 12.9. The minimum Gasteiger partial charge on any atom is -0.337 e. The second-order valence-electron chi connectivity index (χ2n) is 6.32. The van der Waals surface area contributed by atoms with Crippen molar-refractivity contribution in [3.63, 3.8) is 0 Å². The highest BCUT2D eigenvalue weighted by atomic mass is 16.2. The molecule has 0 unspecified atom stereocenters. The van der Waals surface area contributed by atoms with E-state index in [4.69, 9.17) is 0 Å². The van der Waals surface area contributed by atoms with Crippen LogP contribution in [-0.2, 0) is 6.54 Å². The predicted molar refractivity (Wildman–Crippen MR) is 103 cm³/mol. The number of aromatic nitrogens is 2. The molecule has 0 aliphatic rings. The summed E-state index contributed by atoms with van der Waals surface area (Å²) in [4.78, 5) is 14.7. The second-order valence-corrected chi connectivity index (χ2v) is 6.32. The highest BCUT2D eigenvalue weighted by Crippen LogP contribution is 2.20. The number of hydrogen-bond donors (Lipinski definition) is 0. The van der Waals surface area contributed by atoms with Gasteiger partial charge in [0.2, 0.25) is 0 Å². The molecule has 0 radical (unpaired) electrons. The highest BCUT2D eigenvalue weighted by molar-refractivity contribution is 6.06. The molecule has 4 rings (SSSR count). The normalized spacial score (nSPS) is 10.8. The molecule has 1 amide bonds. The van der Waals surface area contributed by atoms with Crippen LogP contribution in [0.1, 0.15) is 15.9 Å². The van der Waals surface area contributed by atoms with Crippen molar-refractivity contribution in [2.24, 2.45) is 0 Å². The van der Waals surface area contributed by atoms with Gasteiger partial charge in [-0.1, -0.05) is 54.6 Å². The lowest BCUT2D eigenvalue weighted by molar-refractivity contribution is 0.0787. The van der Waals surface area contributed by atoms with Gasteiger partial charge in [-0.05, 0) is 29.0 Å². The molecule has 4 nitrogen and oxygen atoms in total. The van der Waals surface area contributed by atoms with E-state index in [1.165, 1.54) is 0 Å². The molecule has 0 bridgehead atoms. The number of fused-ring (bicyclic) bond motifs is 1. The average molecular weight is 341 g/mol. The van der Waals surface area contributed by atoms with E-state index < -0.39 is 0 Å². The van der Waals surface area contributed by atoms with Crippen LogP contribution in [0.3, 0.4) is 0 Å². The summed E-state index contributed by atoms with van der Waals surface area (Å²) < 4.78 is 1.82. The van der Waals surface area contributed by atoms with Gasteiger partial charge < -0.3 is 4.90 Å². The maximum absolute atomic E-state index is 12.9. The molecule has 0 saturated heterocycles. The van der Waals surface area contributed by atoms with Gasteiger partial charge in [-0.15, -0.1) is 0 Å². The summed E-state index contributed by atoms with van der Waals surface area (Å²) in [7, 11) is 1.82. The number of para-hydroxylation sites is 1. The molecule has 0 fully saturated rings. The molecule has 26 heavy (non-hydrogen) atoms. The van der Waals surface area contributed by atoms with Gasteiger partial charge >= 0.3 is 0 Å². The van der Waals surface area contributed by atoms with Crippen molar-refractivity contribution in [1.29, 1.82) is 0 Å². The lowest BCUT2D eigenvalue weighted by Gasteiger charge is -2.17. The first-order valence-electron chi connectivity index (χ1n) is 8.54. The van der Waals surface area contributed by atoms with Crippen LogP contribution >= 0.6 is 0 Å². The molecule has 0 aliphatic carbocycles. The third-order valence-electron chi connectivity index (χ3n) is 4.44. The van der Waals surface area contributed by atoms with Crippen LogP contribution in [0.15, 0.2) is 85.2 Å². The number of carbonyl (C=O) groups excluding carboxylic acids is 1. The molecule has 0 aliphatic heterocycles. The van der Waals surface area contributed by atoms with Crippen LogP contribution < -0.4 is 0 Å². The van der Waals surface area contributed by atoms with Crippen molar-refractivity contribution in [1.82, 2.24) is 14.7 Å². The zero-order valence-electron chi connectivity index (χ0n) is 14.5. The van der Waals surface area contributed by atoms with Crippen LogP contribution in [0.4, 0.5) is 0 Å². The molecule has 1 heterocycles. The Morgan fingerprint density at radius 3 is 2.54 bits per heavy atom. The zero-order chi connectivity index (χ0) is 17.9. The molecule has 1 aromatic heterocycles. The quantitative estimate of drug-likeness (QED) is 0.555. The predicted octanol–water partition coefficient (Wildman–Crippen LogP) is 4.30. The summed E-state index contributed by atoms with van der Waals surface area (Å²) in [6, 6.07) is 23.7. The van der Waals surface area contributed by atoms with Gasteiger partial charge in [0.15, 0.2) is 0 Å². The van der Waals surface area contributed by atoms with Crippen molar-refractivity contribution in [2.45, 2.75) is 6.54 Å². The van der Waals surface area contributed by atoms with Crippen molar-refractivity contribution in [3.8, 4) is 5.69 Å². The minimum absolute atomic E-state index is 0.00858. The summed E-state index contributed by atoms with van der Waals surface area (Å²) in [6.07, 6.45) is 3.77. The standard InChI is InChI=1S/C22H19N3O/c1-24(15-17-14-23-25(16-17)19-10-3-2-4-11-19)22(26)21-13-7-9-18-8-5-6-12-20(18)21/h2-14,16H,15H2,1H3. The molecule has 128 valence electrons. The first-order chi connectivity index (χ1) is 12.7. The summed E-state index contributed by atoms with van der Waals surface area (Å²) in [5.41, 5.74) is 2.72. The van der Waals surface area contributed by atoms with Crippen LogP contribution in [0.25, 0.3) is 16.5 Å². The lowest BCUT2D eigenvalue weighted by atomic mass is 10.0. The van der Waals surface area contributed by atoms with E-state index in [2.05, 4.69) is 5.10 Å². The van der Waals surface area contributed by atoms with E-state index in [0.717, 1.165) is 27.6 Å². The first kappa shape index (κ1) is 16.1. The lowest BCUT2D eigenvalue weighted by Crippen LogP contribution is -2.26. The topological polar surface area (TPSA) is 38.1 Å². The van der Waals surface area contributed by atoms with E-state index in [1.807, 2.05) is 90.7 Å². The summed E-state index contributed by atoms with van der Waals surface area (Å²) >= 11 is 0. The summed E-state index contributed by atoms with van der Waals surface area (Å²) in [5.74, 6) is 0.00858. The fraction of sp³-hybridized carbons (Fsp3) is 0.0909. The fourth-order valence-corrected chi connectivity index (χ4v) is 3.13.